The second-order valence-electron chi connectivity index (χ2n) is 6.55. The Hall–Kier alpha value is -2.13. The number of hydrogen-bond donors (Lipinski definition) is 0. The van der Waals surface area contributed by atoms with Gasteiger partial charge in [0, 0.05) is 0 Å². The Labute approximate surface area is 231 Å². The molecule has 0 unspecified atom stereocenters. The standard InChI is InChI=1S/C13H9.2C6H5.C5H5.2ClH.H2Si.Ti/c1-3-7-12-10(5-1)9-11-6-2-4-8-13(11)12;2*1-2-4-6-5-3-1;1-2-4-5-3-1;;;;/h1-5,7-8H,9H2;2*1-5H;1-3H,4H2;2*1H;1H2;/q4*-1;;;;. The molecule has 4 aromatic rings. The van der Waals surface area contributed by atoms with Crippen LogP contribution >= 0.6 is 24.8 Å². The molecule has 0 N–H and O–H groups in total. The molecule has 0 saturated carbocycles. The van der Waals surface area contributed by atoms with Gasteiger partial charge in [0.1, 0.15) is 0 Å². The molecule has 2 aliphatic rings. The summed E-state index contributed by atoms with van der Waals surface area (Å²) in [5.74, 6) is 0. The van der Waals surface area contributed by atoms with Gasteiger partial charge in [0.2, 0.25) is 0 Å². The van der Waals surface area contributed by atoms with E-state index in [2.05, 4.69) is 66.7 Å². The van der Waals surface area contributed by atoms with Gasteiger partial charge < -0.3 is 0 Å². The molecule has 174 valence electrons. The van der Waals surface area contributed by atoms with Crippen molar-refractivity contribution in [2.45, 2.75) is 12.8 Å². The van der Waals surface area contributed by atoms with E-state index < -0.39 is 0 Å². The Balaban J connectivity index is 0.000000444. The van der Waals surface area contributed by atoms with E-state index in [-0.39, 0.29) is 24.8 Å². The molecule has 2 aliphatic carbocycles. The van der Waals surface area contributed by atoms with Crippen molar-refractivity contribution >= 4 is 32.4 Å². The Morgan fingerprint density at radius 2 is 1.24 bits per heavy atom. The van der Waals surface area contributed by atoms with Crippen molar-refractivity contribution in [2.75, 3.05) is 0 Å². The van der Waals surface area contributed by atoms with E-state index in [0.717, 1.165) is 12.8 Å². The number of allylic oxidation sites excluding steroid dienone is 4. The van der Waals surface area contributed by atoms with E-state index in [9.17, 15) is 0 Å². The van der Waals surface area contributed by atoms with Crippen molar-refractivity contribution < 1.29 is 19.2 Å². The van der Waals surface area contributed by atoms with E-state index in [0.29, 0.717) is 0 Å². The topological polar surface area (TPSA) is 0 Å². The van der Waals surface area contributed by atoms with Crippen LogP contribution in [0.25, 0.3) is 11.1 Å². The molecular weight excluding hydrogens is 507 g/mol. The summed E-state index contributed by atoms with van der Waals surface area (Å²) in [6.45, 7) is 0. The van der Waals surface area contributed by atoms with Crippen LogP contribution in [0.5, 0.6) is 0 Å². The fraction of sp³-hybridized carbons (Fsp3) is 0.0667. The van der Waals surface area contributed by atoms with Gasteiger partial charge in [-0.15, -0.1) is 36.8 Å². The maximum Gasteiger partial charge on any atom is -0.0253 e. The van der Waals surface area contributed by atoms with E-state index in [1.807, 2.05) is 106 Å². The molecule has 0 fully saturated rings. The third-order valence-corrected chi connectivity index (χ3v) is 4.42. The van der Waals surface area contributed by atoms with Crippen LogP contribution in [0.15, 0.2) is 121 Å². The minimum absolute atomic E-state index is 0. The molecule has 0 bridgehead atoms. The molecule has 34 heavy (non-hydrogen) atoms. The molecule has 4 heteroatoms. The summed E-state index contributed by atoms with van der Waals surface area (Å²) in [5.41, 5.74) is 5.51. The smallest absolute Gasteiger partial charge is 0.0253 e. The largest absolute Gasteiger partial charge is 0.184 e. The summed E-state index contributed by atoms with van der Waals surface area (Å²) in [7, 11) is 1.86. The molecule has 0 nitrogen and oxygen atoms in total. The quantitative estimate of drug-likeness (QED) is 0.145. The van der Waals surface area contributed by atoms with E-state index in [4.69, 9.17) is 0 Å². The van der Waals surface area contributed by atoms with Gasteiger partial charge in [-0.3, -0.25) is 6.08 Å². The molecule has 0 atom stereocenters. The zero-order valence-corrected chi connectivity index (χ0v) is 23.6. The van der Waals surface area contributed by atoms with Crippen molar-refractivity contribution in [3.05, 3.63) is 157 Å². The molecule has 0 amide bonds. The minimum Gasteiger partial charge on any atom is -0.184 e. The maximum atomic E-state index is 3.30. The van der Waals surface area contributed by atoms with Crippen LogP contribution < -0.4 is 0 Å². The molecule has 6 rings (SSSR count). The van der Waals surface area contributed by atoms with Crippen molar-refractivity contribution in [1.29, 1.82) is 0 Å². The minimum atomic E-state index is 0. The second kappa shape index (κ2) is 21.4. The monoisotopic (exact) mass is 534 g/mol. The molecular formula is C30H28Cl2SiTi-4. The van der Waals surface area contributed by atoms with E-state index >= 15 is 0 Å². The Kier molecular flexibility index (Phi) is 20.1. The Morgan fingerprint density at radius 1 is 0.647 bits per heavy atom. The summed E-state index contributed by atoms with van der Waals surface area (Å²) in [5, 5.41) is 0. The van der Waals surface area contributed by atoms with Gasteiger partial charge in [0.05, 0.1) is 0 Å². The first-order valence-electron chi connectivity index (χ1n) is 10.4. The van der Waals surface area contributed by atoms with Crippen molar-refractivity contribution in [3.63, 3.8) is 0 Å². The van der Waals surface area contributed by atoms with Crippen LogP contribution in [-0.2, 0) is 25.6 Å². The fourth-order valence-electron chi connectivity index (χ4n) is 3.02. The van der Waals surface area contributed by atoms with Gasteiger partial charge in [-0.25, -0.2) is 12.2 Å². The molecule has 0 aliphatic heterocycles. The van der Waals surface area contributed by atoms with E-state index in [1.165, 1.54) is 22.3 Å². The summed E-state index contributed by atoms with van der Waals surface area (Å²) in [4.78, 5) is 0. The average molecular weight is 535 g/mol. The van der Waals surface area contributed by atoms with E-state index in [1.54, 1.807) is 0 Å². The fourth-order valence-corrected chi connectivity index (χ4v) is 3.02. The number of hydrogen-bond acceptors (Lipinski definition) is 0. The third kappa shape index (κ3) is 12.4. The molecule has 0 radical (unpaired) electrons. The van der Waals surface area contributed by atoms with Gasteiger partial charge in [0.15, 0.2) is 0 Å². The molecule has 0 saturated heterocycles. The normalized spacial score (nSPS) is 10.2. The third-order valence-electron chi connectivity index (χ3n) is 4.42. The SMILES string of the molecule is Cl.Cl.[C-]1=CC=CC1.[SiH2]=[Ti].[c-]1cccc2c1Cc1ccccc1-2.[c-]1ccccc1.[c-]1ccccc1. The number of benzene rings is 4. The van der Waals surface area contributed by atoms with Gasteiger partial charge in [-0.2, -0.15) is 109 Å². The first kappa shape index (κ1) is 31.9. The molecule has 0 heterocycles. The van der Waals surface area contributed by atoms with Crippen molar-refractivity contribution in [3.8, 4) is 11.1 Å². The molecule has 0 aromatic heterocycles. The number of halogens is 2. The average Bonchev–Trinajstić information content (AvgIpc) is 3.60. The maximum absolute atomic E-state index is 3.30. The first-order chi connectivity index (χ1) is 15.9. The van der Waals surface area contributed by atoms with Crippen molar-refractivity contribution in [2.24, 2.45) is 0 Å². The predicted molar refractivity (Wildman–Crippen MR) is 149 cm³/mol. The summed E-state index contributed by atoms with van der Waals surface area (Å²) in [6.07, 6.45) is 11.0. The van der Waals surface area contributed by atoms with Crippen LogP contribution in [0, 0.1) is 24.3 Å². The van der Waals surface area contributed by atoms with Crippen molar-refractivity contribution in [1.82, 2.24) is 0 Å². The first-order valence-corrected chi connectivity index (χ1v) is 14.4. The second-order valence-corrected chi connectivity index (χ2v) is 6.55. The predicted octanol–water partition coefficient (Wildman–Crippen LogP) is 7.26. The van der Waals surface area contributed by atoms with Gasteiger partial charge in [0.25, 0.3) is 0 Å². The summed E-state index contributed by atoms with van der Waals surface area (Å²) < 4.78 is 0. The van der Waals surface area contributed by atoms with Crippen LogP contribution in [0.3, 0.4) is 0 Å². The van der Waals surface area contributed by atoms with Crippen LogP contribution in [0.2, 0.25) is 0 Å². The zero-order valence-electron chi connectivity index (χ0n) is 19.0. The Morgan fingerprint density at radius 3 is 1.68 bits per heavy atom. The summed E-state index contributed by atoms with van der Waals surface area (Å²) >= 11 is 2.03. The zero-order chi connectivity index (χ0) is 22.7. The van der Waals surface area contributed by atoms with Gasteiger partial charge in [-0.05, 0) is 6.42 Å². The molecule has 4 aromatic carbocycles. The Bertz CT molecular complexity index is 929. The number of rotatable bonds is 0. The van der Waals surface area contributed by atoms with Gasteiger partial charge in [-0.1, -0.05) is 35.4 Å². The van der Waals surface area contributed by atoms with Gasteiger partial charge >= 0.3 is 26.8 Å². The summed E-state index contributed by atoms with van der Waals surface area (Å²) in [6, 6.07) is 43.1. The number of fused-ring (bicyclic) bond motifs is 3. The van der Waals surface area contributed by atoms with Crippen LogP contribution in [0.4, 0.5) is 0 Å². The molecule has 0 spiro atoms. The van der Waals surface area contributed by atoms with Crippen LogP contribution in [0.1, 0.15) is 17.5 Å². The van der Waals surface area contributed by atoms with Crippen LogP contribution in [-0.4, -0.2) is 7.63 Å².